The first-order chi connectivity index (χ1) is 16.2. The summed E-state index contributed by atoms with van der Waals surface area (Å²) in [6, 6.07) is 29.2. The van der Waals surface area contributed by atoms with E-state index in [-0.39, 0.29) is 17.6 Å². The third-order valence-corrected chi connectivity index (χ3v) is 6.10. The summed E-state index contributed by atoms with van der Waals surface area (Å²) >= 11 is 0. The second kappa shape index (κ2) is 9.30. The van der Waals surface area contributed by atoms with Crippen LogP contribution in [0.5, 0.6) is 0 Å². The lowest BCUT2D eigenvalue weighted by molar-refractivity contribution is 0.0631. The molecule has 1 aliphatic rings. The Kier molecular flexibility index (Phi) is 5.91. The fourth-order valence-corrected chi connectivity index (χ4v) is 4.52. The predicted molar refractivity (Wildman–Crippen MR) is 130 cm³/mol. The maximum Gasteiger partial charge on any atom is 0.331 e. The van der Waals surface area contributed by atoms with E-state index in [0.29, 0.717) is 24.5 Å². The lowest BCUT2D eigenvalue weighted by atomic mass is 10.0. The number of hydrogen-bond donors (Lipinski definition) is 2. The van der Waals surface area contributed by atoms with Crippen molar-refractivity contribution in [3.05, 3.63) is 113 Å². The molecule has 4 aromatic rings. The summed E-state index contributed by atoms with van der Waals surface area (Å²) in [4.78, 5) is 31.8. The molecule has 0 aliphatic carbocycles. The number of H-pyrrole nitrogens is 1. The van der Waals surface area contributed by atoms with Crippen molar-refractivity contribution in [2.45, 2.75) is 12.5 Å². The molecule has 0 saturated carbocycles. The highest BCUT2D eigenvalue weighted by Gasteiger charge is 2.32. The van der Waals surface area contributed by atoms with Gasteiger partial charge in [0.05, 0.1) is 11.4 Å². The minimum Gasteiger partial charge on any atom is -0.331 e. The van der Waals surface area contributed by atoms with Gasteiger partial charge < -0.3 is 15.2 Å². The molecule has 1 amide bonds. The van der Waals surface area contributed by atoms with Gasteiger partial charge in [-0.3, -0.25) is 9.36 Å². The van der Waals surface area contributed by atoms with Gasteiger partial charge in [0.2, 0.25) is 0 Å². The Bertz CT molecular complexity index is 1280. The van der Waals surface area contributed by atoms with Gasteiger partial charge in [-0.05, 0) is 24.1 Å². The Balaban J connectivity index is 1.58. The number of para-hydroxylation sites is 1. The van der Waals surface area contributed by atoms with Crippen LogP contribution in [0.4, 0.5) is 0 Å². The van der Waals surface area contributed by atoms with Gasteiger partial charge in [-0.1, -0.05) is 78.9 Å². The van der Waals surface area contributed by atoms with Crippen LogP contribution in [0.1, 0.15) is 16.1 Å². The largest absolute Gasteiger partial charge is 0.331 e. The zero-order valence-corrected chi connectivity index (χ0v) is 18.3. The van der Waals surface area contributed by atoms with Crippen molar-refractivity contribution in [3.8, 4) is 16.9 Å². The maximum atomic E-state index is 13.9. The second-order valence-corrected chi connectivity index (χ2v) is 8.24. The normalized spacial score (nSPS) is 16.0. The van der Waals surface area contributed by atoms with Crippen LogP contribution in [0.3, 0.4) is 0 Å². The SMILES string of the molecule is O=C(c1[nH]c(=O)n(-c2ccccc2)c1-c1ccccc1)N1CCNCC1Cc1ccccc1. The molecule has 0 spiro atoms. The van der Waals surface area contributed by atoms with Gasteiger partial charge >= 0.3 is 5.69 Å². The molecule has 2 N–H and O–H groups in total. The maximum absolute atomic E-state index is 13.9. The molecule has 1 aromatic heterocycles. The Labute approximate surface area is 192 Å². The second-order valence-electron chi connectivity index (χ2n) is 8.24. The van der Waals surface area contributed by atoms with Crippen molar-refractivity contribution < 1.29 is 4.79 Å². The lowest BCUT2D eigenvalue weighted by Gasteiger charge is -2.36. The molecule has 33 heavy (non-hydrogen) atoms. The molecule has 1 saturated heterocycles. The fraction of sp³-hybridized carbons (Fsp3) is 0.185. The summed E-state index contributed by atoms with van der Waals surface area (Å²) in [7, 11) is 0. The molecule has 5 rings (SSSR count). The third kappa shape index (κ3) is 4.25. The number of nitrogens with zero attached hydrogens (tertiary/aromatic N) is 2. The van der Waals surface area contributed by atoms with Crippen molar-refractivity contribution in [2.75, 3.05) is 19.6 Å². The Morgan fingerprint density at radius 2 is 1.52 bits per heavy atom. The molecule has 1 fully saturated rings. The molecule has 6 heteroatoms. The summed E-state index contributed by atoms with van der Waals surface area (Å²) in [5.74, 6) is -0.150. The molecule has 6 nitrogen and oxygen atoms in total. The van der Waals surface area contributed by atoms with Crippen LogP contribution >= 0.6 is 0 Å². The highest BCUT2D eigenvalue weighted by molar-refractivity contribution is 5.99. The Morgan fingerprint density at radius 3 is 2.21 bits per heavy atom. The van der Waals surface area contributed by atoms with Crippen molar-refractivity contribution >= 4 is 5.91 Å². The van der Waals surface area contributed by atoms with Crippen LogP contribution in [0.2, 0.25) is 0 Å². The summed E-state index contributed by atoms with van der Waals surface area (Å²) in [5, 5.41) is 3.41. The van der Waals surface area contributed by atoms with E-state index in [4.69, 9.17) is 0 Å². The van der Waals surface area contributed by atoms with Gasteiger partial charge in [-0.15, -0.1) is 0 Å². The summed E-state index contributed by atoms with van der Waals surface area (Å²) in [6.45, 7) is 2.02. The number of piperazine rings is 1. The zero-order chi connectivity index (χ0) is 22.6. The van der Waals surface area contributed by atoms with E-state index in [2.05, 4.69) is 22.4 Å². The van der Waals surface area contributed by atoms with Crippen LogP contribution < -0.4 is 11.0 Å². The highest BCUT2D eigenvalue weighted by Crippen LogP contribution is 2.26. The minimum atomic E-state index is -0.321. The molecule has 2 heterocycles. The number of benzene rings is 3. The van der Waals surface area contributed by atoms with Crippen LogP contribution in [-0.4, -0.2) is 46.0 Å². The first-order valence-electron chi connectivity index (χ1n) is 11.2. The standard InChI is InChI=1S/C27H26N4O2/c32-26(30-17-16-28-19-23(30)18-20-10-4-1-5-11-20)24-25(21-12-6-2-7-13-21)31(27(33)29-24)22-14-8-3-9-15-22/h1-15,23,28H,16-19H2,(H,29,33). The quantitative estimate of drug-likeness (QED) is 0.501. The summed E-state index contributed by atoms with van der Waals surface area (Å²) in [5.41, 5.74) is 3.32. The molecule has 0 radical (unpaired) electrons. The number of aromatic nitrogens is 2. The Hall–Kier alpha value is -3.90. The van der Waals surface area contributed by atoms with Gasteiger partial charge in [-0.2, -0.15) is 0 Å². The third-order valence-electron chi connectivity index (χ3n) is 6.10. The average Bonchev–Trinajstić information content (AvgIpc) is 3.22. The van der Waals surface area contributed by atoms with Gasteiger partial charge in [0.15, 0.2) is 0 Å². The molecule has 1 unspecified atom stereocenters. The molecule has 1 atom stereocenters. The number of carbonyl (C=O) groups excluding carboxylic acids is 1. The fourth-order valence-electron chi connectivity index (χ4n) is 4.52. The number of rotatable bonds is 5. The van der Waals surface area contributed by atoms with E-state index >= 15 is 0 Å². The zero-order valence-electron chi connectivity index (χ0n) is 18.3. The smallest absolute Gasteiger partial charge is 0.331 e. The molecule has 166 valence electrons. The summed E-state index contributed by atoms with van der Waals surface area (Å²) in [6.07, 6.45) is 0.754. The van der Waals surface area contributed by atoms with Crippen LogP contribution in [0.15, 0.2) is 95.8 Å². The molecular weight excluding hydrogens is 412 g/mol. The van der Waals surface area contributed by atoms with Crippen molar-refractivity contribution in [1.29, 1.82) is 0 Å². The van der Waals surface area contributed by atoms with E-state index in [0.717, 1.165) is 24.2 Å². The monoisotopic (exact) mass is 438 g/mol. The van der Waals surface area contributed by atoms with Crippen molar-refractivity contribution in [3.63, 3.8) is 0 Å². The molecule has 3 aromatic carbocycles. The predicted octanol–water partition coefficient (Wildman–Crippen LogP) is 3.49. The summed E-state index contributed by atoms with van der Waals surface area (Å²) < 4.78 is 1.59. The van der Waals surface area contributed by atoms with Crippen molar-refractivity contribution in [2.24, 2.45) is 0 Å². The van der Waals surface area contributed by atoms with Crippen molar-refractivity contribution in [1.82, 2.24) is 19.8 Å². The average molecular weight is 439 g/mol. The van der Waals surface area contributed by atoms with Gasteiger partial charge in [0.25, 0.3) is 5.91 Å². The number of carbonyl (C=O) groups is 1. The van der Waals surface area contributed by atoms with E-state index in [1.807, 2.05) is 83.8 Å². The molecular formula is C27H26N4O2. The Morgan fingerprint density at radius 1 is 0.879 bits per heavy atom. The lowest BCUT2D eigenvalue weighted by Crippen LogP contribution is -2.54. The molecule has 1 aliphatic heterocycles. The van der Waals surface area contributed by atoms with Gasteiger partial charge in [0, 0.05) is 31.2 Å². The van der Waals surface area contributed by atoms with Gasteiger partial charge in [0.1, 0.15) is 5.69 Å². The topological polar surface area (TPSA) is 70.1 Å². The number of imidazole rings is 1. The number of hydrogen-bond acceptors (Lipinski definition) is 3. The molecule has 0 bridgehead atoms. The number of amides is 1. The van der Waals surface area contributed by atoms with E-state index < -0.39 is 0 Å². The van der Waals surface area contributed by atoms with Crippen LogP contribution in [0.25, 0.3) is 16.9 Å². The number of nitrogens with one attached hydrogen (secondary N) is 2. The first-order valence-corrected chi connectivity index (χ1v) is 11.2. The van der Waals surface area contributed by atoms with E-state index in [1.165, 1.54) is 5.56 Å². The van der Waals surface area contributed by atoms with Crippen LogP contribution in [-0.2, 0) is 6.42 Å². The van der Waals surface area contributed by atoms with E-state index in [9.17, 15) is 9.59 Å². The van der Waals surface area contributed by atoms with Gasteiger partial charge in [-0.25, -0.2) is 4.79 Å². The highest BCUT2D eigenvalue weighted by atomic mass is 16.2. The van der Waals surface area contributed by atoms with Crippen LogP contribution in [0, 0.1) is 0 Å². The van der Waals surface area contributed by atoms with E-state index in [1.54, 1.807) is 4.57 Å². The minimum absolute atomic E-state index is 0.000788. The number of aromatic amines is 1. The first kappa shape index (κ1) is 21.0.